The molecule has 138 valence electrons. The number of likely N-dealkylation sites (tertiary alicyclic amines) is 1. The van der Waals surface area contributed by atoms with Gasteiger partial charge in [0.1, 0.15) is 0 Å². The van der Waals surface area contributed by atoms with Gasteiger partial charge in [0.25, 0.3) is 5.91 Å². The highest BCUT2D eigenvalue weighted by Gasteiger charge is 2.39. The van der Waals surface area contributed by atoms with Crippen LogP contribution >= 0.6 is 11.6 Å². The molecule has 3 heterocycles. The molecule has 2 aromatic heterocycles. The Labute approximate surface area is 160 Å². The molecule has 3 aromatic rings. The van der Waals surface area contributed by atoms with E-state index in [0.717, 1.165) is 16.6 Å². The van der Waals surface area contributed by atoms with Crippen molar-refractivity contribution in [3.05, 3.63) is 58.4 Å². The number of benzene rings is 1. The van der Waals surface area contributed by atoms with Gasteiger partial charge in [-0.2, -0.15) is 5.10 Å². The zero-order valence-corrected chi connectivity index (χ0v) is 15.4. The van der Waals surface area contributed by atoms with Crippen LogP contribution < -0.4 is 5.73 Å². The van der Waals surface area contributed by atoms with Crippen LogP contribution in [0.4, 0.5) is 0 Å². The van der Waals surface area contributed by atoms with E-state index >= 15 is 0 Å². The van der Waals surface area contributed by atoms with E-state index in [1.165, 1.54) is 6.20 Å². The Kier molecular flexibility index (Phi) is 4.31. The number of halogens is 1. The molecule has 1 aliphatic rings. The lowest BCUT2D eigenvalue weighted by atomic mass is 9.88. The number of carbonyl (C=O) groups is 2. The van der Waals surface area contributed by atoms with Gasteiger partial charge >= 0.3 is 0 Å². The molecule has 1 aliphatic heterocycles. The van der Waals surface area contributed by atoms with Gasteiger partial charge in [-0.15, -0.1) is 0 Å². The number of hydrogen-bond donors (Lipinski definition) is 2. The Balaban J connectivity index is 1.63. The third-order valence-electron chi connectivity index (χ3n) is 5.12. The van der Waals surface area contributed by atoms with Crippen LogP contribution in [0, 0.1) is 12.8 Å². The number of aromatic amines is 1. The predicted octanol–water partition coefficient (Wildman–Crippen LogP) is 2.26. The molecule has 0 saturated carbocycles. The Bertz CT molecular complexity index is 1030. The lowest BCUT2D eigenvalue weighted by Gasteiger charge is -2.16. The number of aromatic nitrogens is 3. The Hall–Kier alpha value is -2.93. The van der Waals surface area contributed by atoms with E-state index < -0.39 is 11.8 Å². The lowest BCUT2D eigenvalue weighted by Crippen LogP contribution is -2.32. The van der Waals surface area contributed by atoms with Crippen molar-refractivity contribution in [3.8, 4) is 0 Å². The highest BCUT2D eigenvalue weighted by atomic mass is 35.5. The van der Waals surface area contributed by atoms with Crippen LogP contribution in [-0.2, 0) is 4.79 Å². The van der Waals surface area contributed by atoms with Crippen molar-refractivity contribution in [2.24, 2.45) is 11.7 Å². The topological polar surface area (TPSA) is 105 Å². The number of primary amides is 1. The third kappa shape index (κ3) is 3.14. The molecule has 7 nitrogen and oxygen atoms in total. The van der Waals surface area contributed by atoms with Crippen molar-refractivity contribution in [1.82, 2.24) is 20.1 Å². The number of nitrogens with one attached hydrogen (secondary N) is 1. The van der Waals surface area contributed by atoms with Crippen LogP contribution in [0.25, 0.3) is 11.0 Å². The summed E-state index contributed by atoms with van der Waals surface area (Å²) < 4.78 is 0. The van der Waals surface area contributed by atoms with E-state index in [1.54, 1.807) is 23.1 Å². The molecule has 0 spiro atoms. The number of aryl methyl sites for hydroxylation is 1. The number of hydrogen-bond acceptors (Lipinski definition) is 4. The molecule has 0 radical (unpaired) electrons. The van der Waals surface area contributed by atoms with Crippen molar-refractivity contribution in [1.29, 1.82) is 0 Å². The molecule has 2 amide bonds. The number of carbonyl (C=O) groups excluding carboxylic acids is 2. The van der Waals surface area contributed by atoms with Gasteiger partial charge in [-0.3, -0.25) is 14.7 Å². The van der Waals surface area contributed by atoms with E-state index in [0.29, 0.717) is 22.8 Å². The number of fused-ring (bicyclic) bond motifs is 1. The summed E-state index contributed by atoms with van der Waals surface area (Å²) in [4.78, 5) is 30.9. The molecule has 0 aliphatic carbocycles. The summed E-state index contributed by atoms with van der Waals surface area (Å²) in [5, 5.41) is 8.35. The minimum absolute atomic E-state index is 0.156. The van der Waals surface area contributed by atoms with Crippen LogP contribution in [0.2, 0.25) is 5.02 Å². The van der Waals surface area contributed by atoms with Crippen molar-refractivity contribution in [2.75, 3.05) is 13.1 Å². The van der Waals surface area contributed by atoms with Crippen molar-refractivity contribution in [2.45, 2.75) is 12.8 Å². The minimum Gasteiger partial charge on any atom is -0.369 e. The smallest absolute Gasteiger partial charge is 0.255 e. The number of pyridine rings is 1. The largest absolute Gasteiger partial charge is 0.369 e. The summed E-state index contributed by atoms with van der Waals surface area (Å²) in [5.74, 6) is -1.18. The van der Waals surface area contributed by atoms with Crippen LogP contribution in [0.15, 0.2) is 36.5 Å². The van der Waals surface area contributed by atoms with Crippen molar-refractivity contribution >= 4 is 34.4 Å². The van der Waals surface area contributed by atoms with Gasteiger partial charge in [-0.25, -0.2) is 4.98 Å². The summed E-state index contributed by atoms with van der Waals surface area (Å²) in [6.07, 6.45) is 1.52. The number of amides is 2. The summed E-state index contributed by atoms with van der Waals surface area (Å²) in [6, 6.07) is 9.08. The Morgan fingerprint density at radius 1 is 1.26 bits per heavy atom. The Morgan fingerprint density at radius 3 is 2.70 bits per heavy atom. The number of nitrogens with two attached hydrogens (primary N) is 1. The van der Waals surface area contributed by atoms with Gasteiger partial charge in [0.15, 0.2) is 5.65 Å². The van der Waals surface area contributed by atoms with Gasteiger partial charge in [-0.05, 0) is 30.7 Å². The van der Waals surface area contributed by atoms with Gasteiger partial charge in [0, 0.05) is 35.6 Å². The summed E-state index contributed by atoms with van der Waals surface area (Å²) in [5.41, 5.74) is 8.43. The highest BCUT2D eigenvalue weighted by molar-refractivity contribution is 6.30. The summed E-state index contributed by atoms with van der Waals surface area (Å²) in [6.45, 7) is 2.55. The van der Waals surface area contributed by atoms with Gasteiger partial charge in [-0.1, -0.05) is 23.7 Å². The molecule has 3 N–H and O–H groups in total. The number of H-pyrrole nitrogens is 1. The third-order valence-corrected chi connectivity index (χ3v) is 5.38. The van der Waals surface area contributed by atoms with E-state index in [9.17, 15) is 9.59 Å². The first kappa shape index (κ1) is 17.5. The van der Waals surface area contributed by atoms with E-state index in [4.69, 9.17) is 17.3 Å². The van der Waals surface area contributed by atoms with Gasteiger partial charge < -0.3 is 10.6 Å². The highest BCUT2D eigenvalue weighted by Crippen LogP contribution is 2.34. The van der Waals surface area contributed by atoms with E-state index in [2.05, 4.69) is 15.2 Å². The van der Waals surface area contributed by atoms with Crippen LogP contribution in [0.3, 0.4) is 0 Å². The zero-order valence-electron chi connectivity index (χ0n) is 14.6. The monoisotopic (exact) mass is 383 g/mol. The second kappa shape index (κ2) is 6.66. The molecule has 4 rings (SSSR count). The first-order chi connectivity index (χ1) is 12.9. The molecule has 8 heteroatoms. The maximum atomic E-state index is 13.0. The fourth-order valence-corrected chi connectivity index (χ4v) is 3.76. The molecular formula is C19H18ClN5O2. The molecule has 1 fully saturated rings. The first-order valence-electron chi connectivity index (χ1n) is 8.59. The van der Waals surface area contributed by atoms with E-state index in [-0.39, 0.29) is 18.4 Å². The second-order valence-electron chi connectivity index (χ2n) is 6.81. The molecule has 0 unspecified atom stereocenters. The molecule has 2 atom stereocenters. The molecule has 27 heavy (non-hydrogen) atoms. The fraction of sp³-hybridized carbons (Fsp3) is 0.263. The molecule has 1 aromatic carbocycles. The lowest BCUT2D eigenvalue weighted by molar-refractivity contribution is -0.121. The molecular weight excluding hydrogens is 366 g/mol. The second-order valence-corrected chi connectivity index (χ2v) is 7.24. The molecule has 1 saturated heterocycles. The summed E-state index contributed by atoms with van der Waals surface area (Å²) >= 11 is 5.96. The zero-order chi connectivity index (χ0) is 19.1. The average molecular weight is 384 g/mol. The number of nitrogens with zero attached hydrogens (tertiary/aromatic N) is 3. The van der Waals surface area contributed by atoms with Crippen LogP contribution in [0.5, 0.6) is 0 Å². The maximum Gasteiger partial charge on any atom is 0.255 e. The number of rotatable bonds is 3. The fourth-order valence-electron chi connectivity index (χ4n) is 3.63. The quantitative estimate of drug-likeness (QED) is 0.723. The maximum absolute atomic E-state index is 13.0. The van der Waals surface area contributed by atoms with Crippen molar-refractivity contribution < 1.29 is 9.59 Å². The van der Waals surface area contributed by atoms with Crippen LogP contribution in [-0.4, -0.2) is 45.0 Å². The van der Waals surface area contributed by atoms with Crippen molar-refractivity contribution in [3.63, 3.8) is 0 Å². The van der Waals surface area contributed by atoms with Gasteiger partial charge in [0.2, 0.25) is 5.91 Å². The minimum atomic E-state index is -0.442. The SMILES string of the molecule is Cc1n[nH]c2ncc(C(=O)N3C[C@H](C(N)=O)[C@@H](c4ccc(Cl)cc4)C3)cc12. The standard InChI is InChI=1S/C19H18ClN5O2/c1-10-14-6-12(7-22-18(14)24-23-10)19(27)25-8-15(16(9-25)17(21)26)11-2-4-13(20)5-3-11/h2-7,15-16H,8-9H2,1H3,(H2,21,26)(H,22,23,24)/t15-,16+/m1/s1. The van der Waals surface area contributed by atoms with Gasteiger partial charge in [0.05, 0.1) is 17.2 Å². The molecule has 0 bridgehead atoms. The first-order valence-corrected chi connectivity index (χ1v) is 8.96. The Morgan fingerprint density at radius 2 is 2.00 bits per heavy atom. The average Bonchev–Trinajstić information content (AvgIpc) is 3.26. The predicted molar refractivity (Wildman–Crippen MR) is 101 cm³/mol. The van der Waals surface area contributed by atoms with Crippen LogP contribution in [0.1, 0.15) is 27.5 Å². The summed E-state index contributed by atoms with van der Waals surface area (Å²) in [7, 11) is 0. The van der Waals surface area contributed by atoms with E-state index in [1.807, 2.05) is 19.1 Å². The normalized spacial score (nSPS) is 19.6.